The van der Waals surface area contributed by atoms with Gasteiger partial charge in [0.1, 0.15) is 0 Å². The van der Waals surface area contributed by atoms with Crippen molar-refractivity contribution in [3.8, 4) is 0 Å². The molecule has 0 saturated heterocycles. The lowest BCUT2D eigenvalue weighted by molar-refractivity contribution is 0.593. The zero-order valence-corrected chi connectivity index (χ0v) is 8.78. The highest BCUT2D eigenvalue weighted by molar-refractivity contribution is 5.84. The van der Waals surface area contributed by atoms with E-state index in [9.17, 15) is 0 Å². The van der Waals surface area contributed by atoms with Crippen molar-refractivity contribution >= 4 is 10.8 Å². The summed E-state index contributed by atoms with van der Waals surface area (Å²) in [7, 11) is 0. The molecule has 0 aliphatic heterocycles. The third-order valence-electron chi connectivity index (χ3n) is 2.37. The average Bonchev–Trinajstić information content (AvgIpc) is 2.15. The molecule has 72 valence electrons. The molecule has 0 saturated carbocycles. The molecule has 0 N–H and O–H groups in total. The molecular formula is C12H14N2. The maximum atomic E-state index is 4.24. The van der Waals surface area contributed by atoms with E-state index in [0.29, 0.717) is 0 Å². The molecule has 2 aromatic rings. The van der Waals surface area contributed by atoms with Gasteiger partial charge in [0.2, 0.25) is 0 Å². The van der Waals surface area contributed by atoms with Crippen molar-refractivity contribution in [2.45, 2.75) is 26.2 Å². The van der Waals surface area contributed by atoms with Gasteiger partial charge < -0.3 is 0 Å². The maximum Gasteiger partial charge on any atom is 0.0362 e. The largest absolute Gasteiger partial charge is 0.264 e. The van der Waals surface area contributed by atoms with Crippen LogP contribution in [0.25, 0.3) is 10.8 Å². The van der Waals surface area contributed by atoms with Crippen molar-refractivity contribution in [1.82, 2.24) is 9.97 Å². The van der Waals surface area contributed by atoms with E-state index < -0.39 is 0 Å². The zero-order valence-electron chi connectivity index (χ0n) is 8.78. The third kappa shape index (κ3) is 1.48. The van der Waals surface area contributed by atoms with Gasteiger partial charge in [-0.2, -0.15) is 0 Å². The molecule has 0 unspecified atom stereocenters. The fraction of sp³-hybridized carbons (Fsp3) is 0.333. The van der Waals surface area contributed by atoms with Gasteiger partial charge in [0.05, 0.1) is 0 Å². The van der Waals surface area contributed by atoms with Crippen LogP contribution >= 0.6 is 0 Å². The Morgan fingerprint density at radius 1 is 1.00 bits per heavy atom. The van der Waals surface area contributed by atoms with Crippen molar-refractivity contribution < 1.29 is 0 Å². The van der Waals surface area contributed by atoms with Crippen LogP contribution in [0.2, 0.25) is 0 Å². The zero-order chi connectivity index (χ0) is 10.2. The van der Waals surface area contributed by atoms with E-state index in [1.54, 1.807) is 0 Å². The van der Waals surface area contributed by atoms with E-state index >= 15 is 0 Å². The van der Waals surface area contributed by atoms with Gasteiger partial charge in [-0.3, -0.25) is 9.97 Å². The van der Waals surface area contributed by atoms with Crippen molar-refractivity contribution in [1.29, 1.82) is 0 Å². The van der Waals surface area contributed by atoms with Crippen molar-refractivity contribution in [3.63, 3.8) is 0 Å². The van der Waals surface area contributed by atoms with Gasteiger partial charge in [0.15, 0.2) is 0 Å². The number of hydrogen-bond acceptors (Lipinski definition) is 2. The summed E-state index contributed by atoms with van der Waals surface area (Å²) in [4.78, 5) is 8.34. The first kappa shape index (κ1) is 9.13. The molecule has 2 heterocycles. The van der Waals surface area contributed by atoms with E-state index in [1.807, 2.05) is 24.8 Å². The monoisotopic (exact) mass is 186 g/mol. The Balaban J connectivity index is 2.78. The number of pyridine rings is 2. The Morgan fingerprint density at radius 3 is 2.43 bits per heavy atom. The Labute approximate surface area is 84.0 Å². The van der Waals surface area contributed by atoms with Crippen LogP contribution in [0.4, 0.5) is 0 Å². The quantitative estimate of drug-likeness (QED) is 0.632. The first-order valence-corrected chi connectivity index (χ1v) is 4.77. The Bertz CT molecular complexity index is 450. The minimum atomic E-state index is 0.133. The molecule has 2 aromatic heterocycles. The van der Waals surface area contributed by atoms with Crippen LogP contribution in [-0.4, -0.2) is 9.97 Å². The lowest BCUT2D eigenvalue weighted by Gasteiger charge is -2.20. The van der Waals surface area contributed by atoms with Gasteiger partial charge in [0.25, 0.3) is 0 Å². The molecule has 0 fully saturated rings. The smallest absolute Gasteiger partial charge is 0.0362 e. The second kappa shape index (κ2) is 3.05. The summed E-state index contributed by atoms with van der Waals surface area (Å²) in [6.45, 7) is 6.59. The normalized spacial score (nSPS) is 11.9. The number of hydrogen-bond donors (Lipinski definition) is 0. The summed E-state index contributed by atoms with van der Waals surface area (Å²) >= 11 is 0. The molecule has 2 nitrogen and oxygen atoms in total. The van der Waals surface area contributed by atoms with Gasteiger partial charge in [-0.05, 0) is 22.4 Å². The lowest BCUT2D eigenvalue weighted by atomic mass is 9.85. The first-order chi connectivity index (χ1) is 6.59. The van der Waals surface area contributed by atoms with Crippen LogP contribution in [0.1, 0.15) is 26.3 Å². The van der Waals surface area contributed by atoms with Gasteiger partial charge in [0, 0.05) is 30.2 Å². The van der Waals surface area contributed by atoms with E-state index in [4.69, 9.17) is 0 Å². The highest BCUT2D eigenvalue weighted by Gasteiger charge is 2.16. The van der Waals surface area contributed by atoms with Crippen LogP contribution in [0, 0.1) is 0 Å². The molecule has 2 heteroatoms. The Kier molecular flexibility index (Phi) is 1.99. The number of aromatic nitrogens is 2. The minimum absolute atomic E-state index is 0.133. The number of fused-ring (bicyclic) bond motifs is 1. The van der Waals surface area contributed by atoms with Crippen LogP contribution in [0.5, 0.6) is 0 Å². The first-order valence-electron chi connectivity index (χ1n) is 4.77. The molecule has 0 atom stereocenters. The predicted octanol–water partition coefficient (Wildman–Crippen LogP) is 2.93. The predicted molar refractivity (Wildman–Crippen MR) is 58.2 cm³/mol. The number of nitrogens with zero attached hydrogens (tertiary/aromatic N) is 2. The van der Waals surface area contributed by atoms with Crippen LogP contribution in [-0.2, 0) is 5.41 Å². The van der Waals surface area contributed by atoms with Crippen molar-refractivity contribution in [3.05, 3.63) is 36.4 Å². The SMILES string of the molecule is CC(C)(C)c1cncc2cnccc12. The number of rotatable bonds is 0. The summed E-state index contributed by atoms with van der Waals surface area (Å²) in [5, 5.41) is 2.36. The second-order valence-electron chi connectivity index (χ2n) is 4.53. The summed E-state index contributed by atoms with van der Waals surface area (Å²) in [5.74, 6) is 0. The summed E-state index contributed by atoms with van der Waals surface area (Å²) < 4.78 is 0. The van der Waals surface area contributed by atoms with Crippen LogP contribution in [0.15, 0.2) is 30.9 Å². The third-order valence-corrected chi connectivity index (χ3v) is 2.37. The van der Waals surface area contributed by atoms with E-state index in [0.717, 1.165) is 5.39 Å². The van der Waals surface area contributed by atoms with Gasteiger partial charge >= 0.3 is 0 Å². The van der Waals surface area contributed by atoms with Crippen molar-refractivity contribution in [2.75, 3.05) is 0 Å². The highest BCUT2D eigenvalue weighted by Crippen LogP contribution is 2.28. The molecule has 0 bridgehead atoms. The molecule has 0 spiro atoms. The Morgan fingerprint density at radius 2 is 1.71 bits per heavy atom. The second-order valence-corrected chi connectivity index (χ2v) is 4.53. The van der Waals surface area contributed by atoms with Crippen LogP contribution < -0.4 is 0 Å². The van der Waals surface area contributed by atoms with Gasteiger partial charge in [-0.1, -0.05) is 20.8 Å². The van der Waals surface area contributed by atoms with Gasteiger partial charge in [-0.25, -0.2) is 0 Å². The Hall–Kier alpha value is -1.44. The molecule has 0 aromatic carbocycles. The van der Waals surface area contributed by atoms with E-state index in [1.165, 1.54) is 10.9 Å². The molecular weight excluding hydrogens is 172 g/mol. The molecule has 0 amide bonds. The topological polar surface area (TPSA) is 25.8 Å². The molecule has 0 aliphatic rings. The fourth-order valence-corrected chi connectivity index (χ4v) is 1.61. The van der Waals surface area contributed by atoms with E-state index in [2.05, 4.69) is 36.8 Å². The fourth-order valence-electron chi connectivity index (χ4n) is 1.61. The summed E-state index contributed by atoms with van der Waals surface area (Å²) in [6.07, 6.45) is 7.50. The summed E-state index contributed by atoms with van der Waals surface area (Å²) in [5.41, 5.74) is 1.41. The molecule has 0 aliphatic carbocycles. The van der Waals surface area contributed by atoms with Crippen LogP contribution in [0.3, 0.4) is 0 Å². The molecule has 0 radical (unpaired) electrons. The van der Waals surface area contributed by atoms with Crippen molar-refractivity contribution in [2.24, 2.45) is 0 Å². The average molecular weight is 186 g/mol. The van der Waals surface area contributed by atoms with Gasteiger partial charge in [-0.15, -0.1) is 0 Å². The minimum Gasteiger partial charge on any atom is -0.264 e. The highest BCUT2D eigenvalue weighted by atomic mass is 14.7. The standard InChI is InChI=1S/C12H14N2/c1-12(2,3)11-8-14-7-9-6-13-5-4-10(9)11/h4-8H,1-3H3. The maximum absolute atomic E-state index is 4.24. The van der Waals surface area contributed by atoms with E-state index in [-0.39, 0.29) is 5.41 Å². The molecule has 14 heavy (non-hydrogen) atoms. The molecule has 2 rings (SSSR count). The summed E-state index contributed by atoms with van der Waals surface area (Å²) in [6, 6.07) is 2.05. The lowest BCUT2D eigenvalue weighted by Crippen LogP contribution is -2.12.